The van der Waals surface area contributed by atoms with E-state index in [0.717, 1.165) is 7.11 Å². The molecule has 2 heterocycles. The van der Waals surface area contributed by atoms with Crippen LogP contribution in [0.1, 0.15) is 25.8 Å². The highest BCUT2D eigenvalue weighted by atomic mass is 35.5. The molecule has 0 fully saturated rings. The third-order valence-electron chi connectivity index (χ3n) is 2.59. The van der Waals surface area contributed by atoms with E-state index in [-0.39, 0.29) is 15.6 Å². The van der Waals surface area contributed by atoms with Crippen molar-refractivity contribution in [2.45, 2.75) is 30.9 Å². The molecule has 0 spiro atoms. The Balaban J connectivity index is 2.36. The summed E-state index contributed by atoms with van der Waals surface area (Å²) in [5.74, 6) is 0. The van der Waals surface area contributed by atoms with Crippen molar-refractivity contribution >= 4 is 27.4 Å². The molecule has 0 radical (unpaired) electrons. The van der Waals surface area contributed by atoms with Gasteiger partial charge in [-0.25, -0.2) is 4.98 Å². The largest absolute Gasteiger partial charge is 0.389 e. The fraction of sp³-hybridized carbons (Fsp3) is 0.455. The van der Waals surface area contributed by atoms with Gasteiger partial charge in [-0.1, -0.05) is 16.8 Å². The maximum absolute atomic E-state index is 11.5. The van der Waals surface area contributed by atoms with Gasteiger partial charge in [-0.15, -0.1) is 0 Å². The standard InChI is InChI=1S/C11H13ClN2O4S/c1-11(2)5-9(14-18-11)7-4-8(12)10(13-6-7)19(15,16)17-3/h4,6H,5H2,1-3H3. The van der Waals surface area contributed by atoms with Crippen molar-refractivity contribution in [2.24, 2.45) is 5.16 Å². The van der Waals surface area contributed by atoms with Crippen molar-refractivity contribution in [3.05, 3.63) is 22.8 Å². The van der Waals surface area contributed by atoms with Crippen molar-refractivity contribution in [3.8, 4) is 0 Å². The maximum Gasteiger partial charge on any atom is 0.315 e. The summed E-state index contributed by atoms with van der Waals surface area (Å²) in [7, 11) is -2.85. The van der Waals surface area contributed by atoms with Crippen molar-refractivity contribution in [3.63, 3.8) is 0 Å². The third-order valence-corrected chi connectivity index (χ3v) is 4.23. The van der Waals surface area contributed by atoms with Crippen LogP contribution in [0.2, 0.25) is 5.02 Å². The van der Waals surface area contributed by atoms with Crippen molar-refractivity contribution in [2.75, 3.05) is 7.11 Å². The van der Waals surface area contributed by atoms with Crippen LogP contribution < -0.4 is 0 Å². The predicted molar refractivity (Wildman–Crippen MR) is 69.8 cm³/mol. The Morgan fingerprint density at radius 3 is 2.63 bits per heavy atom. The first-order valence-electron chi connectivity index (χ1n) is 5.47. The molecular formula is C11H13ClN2O4S. The molecule has 104 valence electrons. The summed E-state index contributed by atoms with van der Waals surface area (Å²) >= 11 is 5.92. The van der Waals surface area contributed by atoms with Gasteiger partial charge >= 0.3 is 10.1 Å². The predicted octanol–water partition coefficient (Wildman–Crippen LogP) is 1.97. The number of rotatable bonds is 3. The van der Waals surface area contributed by atoms with E-state index in [1.54, 1.807) is 0 Å². The van der Waals surface area contributed by atoms with Gasteiger partial charge in [-0.2, -0.15) is 8.42 Å². The Morgan fingerprint density at radius 2 is 2.16 bits per heavy atom. The number of oxime groups is 1. The Morgan fingerprint density at radius 1 is 1.47 bits per heavy atom. The molecule has 0 atom stereocenters. The number of halogens is 1. The smallest absolute Gasteiger partial charge is 0.315 e. The van der Waals surface area contributed by atoms with Crippen LogP contribution in [0.3, 0.4) is 0 Å². The van der Waals surface area contributed by atoms with Crippen LogP contribution in [0.25, 0.3) is 0 Å². The molecule has 0 aromatic carbocycles. The van der Waals surface area contributed by atoms with Crippen molar-refractivity contribution < 1.29 is 17.4 Å². The number of hydrogen-bond acceptors (Lipinski definition) is 6. The molecule has 0 N–H and O–H groups in total. The lowest BCUT2D eigenvalue weighted by Crippen LogP contribution is -2.19. The van der Waals surface area contributed by atoms with Crippen LogP contribution in [0.4, 0.5) is 0 Å². The Bertz CT molecular complexity index is 640. The zero-order valence-electron chi connectivity index (χ0n) is 10.7. The zero-order valence-corrected chi connectivity index (χ0v) is 12.2. The summed E-state index contributed by atoms with van der Waals surface area (Å²) in [6, 6.07) is 1.49. The lowest BCUT2D eigenvalue weighted by atomic mass is 9.99. The zero-order chi connectivity index (χ0) is 14.3. The van der Waals surface area contributed by atoms with Gasteiger partial charge < -0.3 is 4.84 Å². The molecule has 6 nitrogen and oxygen atoms in total. The van der Waals surface area contributed by atoms with Gasteiger partial charge in [-0.05, 0) is 19.9 Å². The highest BCUT2D eigenvalue weighted by Gasteiger charge is 2.30. The third kappa shape index (κ3) is 2.88. The molecule has 0 bridgehead atoms. The molecule has 19 heavy (non-hydrogen) atoms. The Hall–Kier alpha value is -1.18. The first kappa shape index (κ1) is 14.2. The molecule has 0 unspecified atom stereocenters. The topological polar surface area (TPSA) is 77.9 Å². The molecule has 0 amide bonds. The van der Waals surface area contributed by atoms with E-state index in [1.807, 2.05) is 13.8 Å². The summed E-state index contributed by atoms with van der Waals surface area (Å²) in [5.41, 5.74) is 0.936. The highest BCUT2D eigenvalue weighted by Crippen LogP contribution is 2.28. The summed E-state index contributed by atoms with van der Waals surface area (Å²) < 4.78 is 27.4. The molecule has 8 heteroatoms. The minimum Gasteiger partial charge on any atom is -0.389 e. The number of hydrogen-bond donors (Lipinski definition) is 0. The lowest BCUT2D eigenvalue weighted by molar-refractivity contribution is 0.0123. The van der Waals surface area contributed by atoms with E-state index in [0.29, 0.717) is 17.7 Å². The molecular weight excluding hydrogens is 292 g/mol. The molecule has 0 saturated carbocycles. The number of pyridine rings is 1. The average molecular weight is 305 g/mol. The second-order valence-corrected chi connectivity index (χ2v) is 6.73. The Labute approximate surface area is 116 Å². The SMILES string of the molecule is COS(=O)(=O)c1ncc(C2=NOC(C)(C)C2)cc1Cl. The quantitative estimate of drug-likeness (QED) is 0.798. The van der Waals surface area contributed by atoms with Crippen LogP contribution in [0.5, 0.6) is 0 Å². The van der Waals surface area contributed by atoms with Gasteiger partial charge in [0.15, 0.2) is 0 Å². The van der Waals surface area contributed by atoms with E-state index in [1.165, 1.54) is 12.3 Å². The molecule has 0 saturated heterocycles. The van der Waals surface area contributed by atoms with E-state index in [4.69, 9.17) is 16.4 Å². The lowest BCUT2D eigenvalue weighted by Gasteiger charge is -2.13. The molecule has 0 aliphatic carbocycles. The minimum atomic E-state index is -3.91. The molecule has 1 aromatic rings. The van der Waals surface area contributed by atoms with Crippen LogP contribution in [0.15, 0.2) is 22.4 Å². The fourth-order valence-corrected chi connectivity index (χ4v) is 2.73. The maximum atomic E-state index is 11.5. The number of nitrogens with zero attached hydrogens (tertiary/aromatic N) is 2. The second kappa shape index (κ2) is 4.73. The van der Waals surface area contributed by atoms with Crippen LogP contribution in [0, 0.1) is 0 Å². The van der Waals surface area contributed by atoms with Crippen LogP contribution in [-0.2, 0) is 19.1 Å². The first-order valence-corrected chi connectivity index (χ1v) is 7.25. The molecule has 2 rings (SSSR count). The first-order chi connectivity index (χ1) is 8.75. The van der Waals surface area contributed by atoms with Crippen molar-refractivity contribution in [1.29, 1.82) is 0 Å². The highest BCUT2D eigenvalue weighted by molar-refractivity contribution is 7.86. The van der Waals surface area contributed by atoms with Gasteiger partial charge in [-0.3, -0.25) is 4.18 Å². The van der Waals surface area contributed by atoms with Gasteiger partial charge in [0.25, 0.3) is 0 Å². The van der Waals surface area contributed by atoms with Gasteiger partial charge in [0.1, 0.15) is 5.60 Å². The molecule has 1 aromatic heterocycles. The molecule has 1 aliphatic heterocycles. The van der Waals surface area contributed by atoms with Crippen LogP contribution in [-0.4, -0.2) is 31.8 Å². The van der Waals surface area contributed by atoms with Crippen LogP contribution >= 0.6 is 11.6 Å². The Kier molecular flexibility index (Phi) is 3.55. The summed E-state index contributed by atoms with van der Waals surface area (Å²) in [5, 5.41) is 3.64. The summed E-state index contributed by atoms with van der Waals surface area (Å²) in [6.45, 7) is 3.81. The summed E-state index contributed by atoms with van der Waals surface area (Å²) in [6.07, 6.45) is 1.99. The van der Waals surface area contributed by atoms with Gasteiger partial charge in [0.05, 0.1) is 17.8 Å². The second-order valence-electron chi connectivity index (χ2n) is 4.70. The van der Waals surface area contributed by atoms with E-state index < -0.39 is 10.1 Å². The van der Waals surface area contributed by atoms with E-state index in [9.17, 15) is 8.42 Å². The molecule has 1 aliphatic rings. The van der Waals surface area contributed by atoms with Gasteiger partial charge in [0.2, 0.25) is 5.03 Å². The summed E-state index contributed by atoms with van der Waals surface area (Å²) in [4.78, 5) is 9.07. The average Bonchev–Trinajstić information content (AvgIpc) is 2.69. The minimum absolute atomic E-state index is 0.00763. The van der Waals surface area contributed by atoms with E-state index in [2.05, 4.69) is 14.3 Å². The number of aromatic nitrogens is 1. The fourth-order valence-electron chi connectivity index (χ4n) is 1.65. The normalized spacial score (nSPS) is 18.0. The monoisotopic (exact) mass is 304 g/mol. The van der Waals surface area contributed by atoms with Crippen molar-refractivity contribution in [1.82, 2.24) is 4.98 Å². The van der Waals surface area contributed by atoms with Gasteiger partial charge in [0, 0.05) is 18.2 Å². The van der Waals surface area contributed by atoms with E-state index >= 15 is 0 Å².